The number of thioether (sulfide) groups is 1. The standard InChI is InChI=1S/C25H28FN5O3S/c26-20-10-5-4-9-19(20)23-27-28-25(31(23)18-7-2-1-3-8-18)35-17-22(32)29-12-14-30(15-13-29)24(33)21-11-6-16-34-21/h4-6,9-11,16,18H,1-3,7-8,12-15,17H2. The van der Waals surface area contributed by atoms with Crippen LogP contribution in [-0.2, 0) is 4.79 Å². The molecule has 10 heteroatoms. The number of piperazine rings is 1. The SMILES string of the molecule is O=C(CSc1nnc(-c2ccccc2F)n1C1CCCCC1)N1CCN(C(=O)c2ccco2)CC1. The van der Waals surface area contributed by atoms with E-state index in [2.05, 4.69) is 10.2 Å². The number of hydrogen-bond donors (Lipinski definition) is 0. The van der Waals surface area contributed by atoms with E-state index < -0.39 is 0 Å². The Hall–Kier alpha value is -3.14. The van der Waals surface area contributed by atoms with Crippen LogP contribution >= 0.6 is 11.8 Å². The van der Waals surface area contributed by atoms with Crippen molar-refractivity contribution >= 4 is 23.6 Å². The zero-order valence-electron chi connectivity index (χ0n) is 19.4. The summed E-state index contributed by atoms with van der Waals surface area (Å²) >= 11 is 1.35. The number of carbonyl (C=O) groups excluding carboxylic acids is 2. The Morgan fingerprint density at radius 2 is 1.71 bits per heavy atom. The summed E-state index contributed by atoms with van der Waals surface area (Å²) in [4.78, 5) is 28.9. The summed E-state index contributed by atoms with van der Waals surface area (Å²) in [6.07, 6.45) is 6.89. The normalized spacial score (nSPS) is 17.1. The molecule has 2 amide bonds. The molecule has 2 aliphatic rings. The number of benzene rings is 1. The first kappa shape index (κ1) is 23.6. The van der Waals surface area contributed by atoms with Gasteiger partial charge in [-0.3, -0.25) is 14.2 Å². The van der Waals surface area contributed by atoms with Gasteiger partial charge in [0, 0.05) is 32.2 Å². The Balaban J connectivity index is 1.25. The first-order chi connectivity index (χ1) is 17.1. The van der Waals surface area contributed by atoms with E-state index >= 15 is 0 Å². The van der Waals surface area contributed by atoms with Crippen LogP contribution in [0.4, 0.5) is 4.39 Å². The van der Waals surface area contributed by atoms with E-state index in [1.54, 1.807) is 40.1 Å². The lowest BCUT2D eigenvalue weighted by molar-refractivity contribution is -0.129. The minimum Gasteiger partial charge on any atom is -0.459 e. The maximum atomic E-state index is 14.6. The quantitative estimate of drug-likeness (QED) is 0.473. The number of furan rings is 1. The summed E-state index contributed by atoms with van der Waals surface area (Å²) in [5, 5.41) is 9.35. The highest BCUT2D eigenvalue weighted by molar-refractivity contribution is 7.99. The molecule has 0 N–H and O–H groups in total. The summed E-state index contributed by atoms with van der Waals surface area (Å²) in [5.74, 6) is 0.562. The lowest BCUT2D eigenvalue weighted by Crippen LogP contribution is -2.51. The van der Waals surface area contributed by atoms with Gasteiger partial charge in [0.25, 0.3) is 5.91 Å². The van der Waals surface area contributed by atoms with Crippen molar-refractivity contribution in [3.05, 3.63) is 54.2 Å². The van der Waals surface area contributed by atoms with Crippen LogP contribution in [0.5, 0.6) is 0 Å². The predicted molar refractivity (Wildman–Crippen MR) is 129 cm³/mol. The van der Waals surface area contributed by atoms with Crippen molar-refractivity contribution in [3.63, 3.8) is 0 Å². The average molecular weight is 498 g/mol. The molecule has 1 saturated heterocycles. The van der Waals surface area contributed by atoms with Crippen molar-refractivity contribution in [2.24, 2.45) is 0 Å². The van der Waals surface area contributed by atoms with Crippen LogP contribution in [0.15, 0.2) is 52.2 Å². The van der Waals surface area contributed by atoms with Crippen molar-refractivity contribution in [2.75, 3.05) is 31.9 Å². The third-order valence-electron chi connectivity index (χ3n) is 6.70. The molecule has 0 unspecified atom stereocenters. The molecule has 0 spiro atoms. The first-order valence-corrected chi connectivity index (χ1v) is 13.0. The largest absolute Gasteiger partial charge is 0.459 e. The van der Waals surface area contributed by atoms with Crippen molar-refractivity contribution in [1.29, 1.82) is 0 Å². The van der Waals surface area contributed by atoms with Gasteiger partial charge in [-0.2, -0.15) is 0 Å². The minimum atomic E-state index is -0.327. The third kappa shape index (κ3) is 5.12. The summed E-state index contributed by atoms with van der Waals surface area (Å²) in [5.41, 5.74) is 0.432. The van der Waals surface area contributed by atoms with Gasteiger partial charge < -0.3 is 14.2 Å². The second-order valence-corrected chi connectivity index (χ2v) is 9.83. The summed E-state index contributed by atoms with van der Waals surface area (Å²) < 4.78 is 21.8. The van der Waals surface area contributed by atoms with E-state index in [1.807, 2.05) is 4.57 Å². The molecule has 0 atom stereocenters. The maximum Gasteiger partial charge on any atom is 0.289 e. The van der Waals surface area contributed by atoms with Gasteiger partial charge in [-0.1, -0.05) is 43.2 Å². The molecule has 1 saturated carbocycles. The van der Waals surface area contributed by atoms with Crippen LogP contribution in [0, 0.1) is 5.82 Å². The van der Waals surface area contributed by atoms with Gasteiger partial charge in [0.2, 0.25) is 5.91 Å². The van der Waals surface area contributed by atoms with Crippen LogP contribution in [0.25, 0.3) is 11.4 Å². The van der Waals surface area contributed by atoms with E-state index in [1.165, 1.54) is 30.5 Å². The van der Waals surface area contributed by atoms with Gasteiger partial charge in [0.1, 0.15) is 5.82 Å². The molecule has 1 aliphatic heterocycles. The molecule has 1 aromatic carbocycles. The molecular weight excluding hydrogens is 469 g/mol. The number of amides is 2. The molecule has 1 aliphatic carbocycles. The molecule has 5 rings (SSSR count). The van der Waals surface area contributed by atoms with Crippen molar-refractivity contribution in [3.8, 4) is 11.4 Å². The molecule has 184 valence electrons. The summed E-state index contributed by atoms with van der Waals surface area (Å²) in [6, 6.07) is 10.1. The number of hydrogen-bond acceptors (Lipinski definition) is 6. The van der Waals surface area contributed by atoms with Gasteiger partial charge in [0.15, 0.2) is 16.7 Å². The van der Waals surface area contributed by atoms with Crippen LogP contribution < -0.4 is 0 Å². The highest BCUT2D eigenvalue weighted by Crippen LogP contribution is 2.36. The lowest BCUT2D eigenvalue weighted by Gasteiger charge is -2.34. The topological polar surface area (TPSA) is 84.5 Å². The Bertz CT molecular complexity index is 1170. The average Bonchev–Trinajstić information content (AvgIpc) is 3.58. The van der Waals surface area contributed by atoms with E-state index in [4.69, 9.17) is 4.42 Å². The van der Waals surface area contributed by atoms with Gasteiger partial charge in [-0.05, 0) is 37.1 Å². The molecule has 8 nitrogen and oxygen atoms in total. The summed E-state index contributed by atoms with van der Waals surface area (Å²) in [6.45, 7) is 1.88. The smallest absolute Gasteiger partial charge is 0.289 e. The van der Waals surface area contributed by atoms with Crippen molar-refractivity contribution in [2.45, 2.75) is 43.3 Å². The monoisotopic (exact) mass is 497 g/mol. The highest BCUT2D eigenvalue weighted by Gasteiger charge is 2.28. The van der Waals surface area contributed by atoms with Crippen molar-refractivity contribution < 1.29 is 18.4 Å². The molecule has 35 heavy (non-hydrogen) atoms. The first-order valence-electron chi connectivity index (χ1n) is 12.0. The fraction of sp³-hybridized carbons (Fsp3) is 0.440. The molecule has 0 bridgehead atoms. The van der Waals surface area contributed by atoms with Crippen LogP contribution in [0.1, 0.15) is 48.7 Å². The Morgan fingerprint density at radius 1 is 0.971 bits per heavy atom. The molecular formula is C25H28FN5O3S. The molecule has 3 heterocycles. The Morgan fingerprint density at radius 3 is 2.43 bits per heavy atom. The van der Waals surface area contributed by atoms with Crippen molar-refractivity contribution in [1.82, 2.24) is 24.6 Å². The van der Waals surface area contributed by atoms with Crippen LogP contribution in [0.3, 0.4) is 0 Å². The second kappa shape index (κ2) is 10.6. The Kier molecular flexibility index (Phi) is 7.17. The molecule has 2 aromatic heterocycles. The van der Waals surface area contributed by atoms with E-state index in [9.17, 15) is 14.0 Å². The zero-order valence-corrected chi connectivity index (χ0v) is 20.3. The van der Waals surface area contributed by atoms with Gasteiger partial charge in [-0.25, -0.2) is 4.39 Å². The van der Waals surface area contributed by atoms with E-state index in [0.29, 0.717) is 48.5 Å². The van der Waals surface area contributed by atoms with Gasteiger partial charge in [0.05, 0.1) is 17.6 Å². The van der Waals surface area contributed by atoms with Crippen LogP contribution in [0.2, 0.25) is 0 Å². The maximum absolute atomic E-state index is 14.6. The summed E-state index contributed by atoms with van der Waals surface area (Å²) in [7, 11) is 0. The third-order valence-corrected chi connectivity index (χ3v) is 7.62. The molecule has 2 fully saturated rings. The highest BCUT2D eigenvalue weighted by atomic mass is 32.2. The second-order valence-electron chi connectivity index (χ2n) is 8.89. The lowest BCUT2D eigenvalue weighted by atomic mass is 9.95. The molecule has 0 radical (unpaired) electrons. The fourth-order valence-electron chi connectivity index (χ4n) is 4.80. The van der Waals surface area contributed by atoms with Gasteiger partial charge in [-0.15, -0.1) is 10.2 Å². The number of rotatable bonds is 6. The predicted octanol–water partition coefficient (Wildman–Crippen LogP) is 4.26. The van der Waals surface area contributed by atoms with E-state index in [0.717, 1.165) is 25.7 Å². The number of nitrogens with zero attached hydrogens (tertiary/aromatic N) is 5. The molecule has 3 aromatic rings. The fourth-order valence-corrected chi connectivity index (χ4v) is 5.71. The number of carbonyl (C=O) groups is 2. The minimum absolute atomic E-state index is 0.00858. The zero-order chi connectivity index (χ0) is 24.2. The van der Waals surface area contributed by atoms with Gasteiger partial charge >= 0.3 is 0 Å². The van der Waals surface area contributed by atoms with E-state index in [-0.39, 0.29) is 29.4 Å². The van der Waals surface area contributed by atoms with Crippen LogP contribution in [-0.4, -0.2) is 68.3 Å². The number of halogens is 1. The number of aromatic nitrogens is 3. The Labute approximate surface area is 207 Å².